The predicted molar refractivity (Wildman–Crippen MR) is 257 cm³/mol. The molecule has 0 atom stereocenters. The number of benzene rings is 6. The van der Waals surface area contributed by atoms with Crippen LogP contribution in [0.5, 0.6) is 11.5 Å². The lowest BCUT2D eigenvalue weighted by molar-refractivity contribution is -0.157. The second-order valence-electron chi connectivity index (χ2n) is 14.2. The van der Waals surface area contributed by atoms with Gasteiger partial charge in [-0.25, -0.2) is 0 Å². The fourth-order valence-electron chi connectivity index (χ4n) is 6.38. The summed E-state index contributed by atoms with van der Waals surface area (Å²) in [5.41, 5.74) is -0.246. The molecule has 0 aliphatic carbocycles. The quantitative estimate of drug-likeness (QED) is 0.0516. The number of rotatable bonds is 12. The van der Waals surface area contributed by atoms with E-state index in [1.807, 2.05) is 0 Å². The first-order valence-corrected chi connectivity index (χ1v) is 22.9. The van der Waals surface area contributed by atoms with E-state index >= 15 is 0 Å². The lowest BCUT2D eigenvalue weighted by Gasteiger charge is -2.18. The van der Waals surface area contributed by atoms with Gasteiger partial charge in [-0.1, -0.05) is 141 Å². The minimum absolute atomic E-state index is 0.0147. The van der Waals surface area contributed by atoms with E-state index in [-0.39, 0.29) is 81.6 Å². The molecule has 0 radical (unpaired) electrons. The third-order valence-corrected chi connectivity index (χ3v) is 11.7. The van der Waals surface area contributed by atoms with Crippen LogP contribution in [0.2, 0.25) is 40.2 Å². The van der Waals surface area contributed by atoms with Gasteiger partial charge < -0.3 is 18.9 Å². The van der Waals surface area contributed by atoms with Crippen molar-refractivity contribution < 1.29 is 64.5 Å². The van der Waals surface area contributed by atoms with Crippen LogP contribution in [-0.2, 0) is 41.0 Å². The molecular weight excluding hydrogens is 1100 g/mol. The maximum Gasteiger partial charge on any atom is 0.416 e. The summed E-state index contributed by atoms with van der Waals surface area (Å²) < 4.78 is 98.7. The summed E-state index contributed by atoms with van der Waals surface area (Å²) >= 11 is 48.7. The van der Waals surface area contributed by atoms with Gasteiger partial charge in [-0.2, -0.15) is 26.3 Å². The molecule has 0 amide bonds. The molecule has 70 heavy (non-hydrogen) atoms. The molecule has 368 valence electrons. The maximum atomic E-state index is 13.5. The normalized spacial score (nSPS) is 11.5. The van der Waals surface area contributed by atoms with Gasteiger partial charge in [0.15, 0.2) is 23.3 Å². The minimum Gasteiger partial charge on any atom is -0.465 e. The zero-order chi connectivity index (χ0) is 51.8. The van der Waals surface area contributed by atoms with E-state index in [9.17, 15) is 45.5 Å². The Morgan fingerprint density at radius 3 is 1.07 bits per heavy atom. The van der Waals surface area contributed by atoms with E-state index in [1.165, 1.54) is 60.7 Å². The molecular formula is C48H30Cl8F6O8. The zero-order valence-electron chi connectivity index (χ0n) is 35.5. The van der Waals surface area contributed by atoms with Gasteiger partial charge in [0.1, 0.15) is 0 Å². The van der Waals surface area contributed by atoms with Gasteiger partial charge in [0.25, 0.3) is 0 Å². The Bertz CT molecular complexity index is 2810. The van der Waals surface area contributed by atoms with Crippen molar-refractivity contribution in [3.8, 4) is 33.8 Å². The molecule has 0 aromatic heterocycles. The molecule has 6 rings (SSSR count). The van der Waals surface area contributed by atoms with Crippen molar-refractivity contribution in [3.63, 3.8) is 0 Å². The van der Waals surface area contributed by atoms with Gasteiger partial charge in [-0.15, -0.1) is 0 Å². The van der Waals surface area contributed by atoms with Crippen molar-refractivity contribution in [2.75, 3.05) is 13.2 Å². The number of carbonyl (C=O) groups excluding carboxylic acids is 4. The molecule has 0 N–H and O–H groups in total. The van der Waals surface area contributed by atoms with E-state index in [0.717, 1.165) is 30.3 Å². The van der Waals surface area contributed by atoms with Crippen molar-refractivity contribution in [2.24, 2.45) is 0 Å². The summed E-state index contributed by atoms with van der Waals surface area (Å²) in [6, 6.07) is 22.8. The largest absolute Gasteiger partial charge is 0.465 e. The van der Waals surface area contributed by atoms with E-state index in [4.69, 9.17) is 112 Å². The van der Waals surface area contributed by atoms with E-state index in [2.05, 4.69) is 0 Å². The van der Waals surface area contributed by atoms with Crippen LogP contribution < -0.4 is 9.47 Å². The maximum absolute atomic E-state index is 13.5. The molecule has 6 aromatic carbocycles. The Morgan fingerprint density at radius 1 is 0.443 bits per heavy atom. The predicted octanol–water partition coefficient (Wildman–Crippen LogP) is 16.5. The van der Waals surface area contributed by atoms with Gasteiger partial charge in [0.2, 0.25) is 0 Å². The zero-order valence-corrected chi connectivity index (χ0v) is 41.6. The standard InChI is InChI=1S/C28H12Cl7F3O4.C20H18ClF3O4/c29-15-8-19(32)24(20(33)9-15)41-26(39)23(27(40)42-25-21(34)10-16(30)11-22(25)35)13-3-1-2-12(6-13)17-5-4-14(7-18(17)31)28(36,37)38;1-3-27-18(25)17(19(26)28-4-2)13-7-5-6-12(10-13)15-9-8-14(11-16(15)21)20(22,23)24/h1-11,23H;5-11,17H,3-4H2,1-2H3. The molecule has 22 heteroatoms. The summed E-state index contributed by atoms with van der Waals surface area (Å²) in [6.45, 7) is 3.38. The highest BCUT2D eigenvalue weighted by Gasteiger charge is 2.36. The smallest absolute Gasteiger partial charge is 0.416 e. The van der Waals surface area contributed by atoms with Crippen molar-refractivity contribution in [2.45, 2.75) is 38.0 Å². The van der Waals surface area contributed by atoms with Gasteiger partial charge in [0.05, 0.1) is 44.4 Å². The summed E-state index contributed by atoms with van der Waals surface area (Å²) in [5.74, 6) is -7.55. The Morgan fingerprint density at radius 2 is 0.771 bits per heavy atom. The fourth-order valence-corrected chi connectivity index (χ4v) is 8.75. The first kappa shape index (κ1) is 56.0. The number of esters is 4. The molecule has 0 heterocycles. The first-order chi connectivity index (χ1) is 32.8. The van der Waals surface area contributed by atoms with Gasteiger partial charge in [-0.05, 0) is 96.8 Å². The third kappa shape index (κ3) is 14.2. The minimum atomic E-state index is -4.61. The number of hydrogen-bond acceptors (Lipinski definition) is 8. The fraction of sp³-hybridized carbons (Fsp3) is 0.167. The number of alkyl halides is 6. The second-order valence-corrected chi connectivity index (χ2v) is 17.6. The van der Waals surface area contributed by atoms with Crippen LogP contribution in [0.3, 0.4) is 0 Å². The van der Waals surface area contributed by atoms with Crippen LogP contribution in [0.1, 0.15) is 47.9 Å². The first-order valence-electron chi connectivity index (χ1n) is 19.8. The van der Waals surface area contributed by atoms with Crippen molar-refractivity contribution in [1.29, 1.82) is 0 Å². The van der Waals surface area contributed by atoms with Crippen molar-refractivity contribution in [1.82, 2.24) is 0 Å². The molecule has 0 spiro atoms. The summed E-state index contributed by atoms with van der Waals surface area (Å²) in [4.78, 5) is 51.5. The highest BCUT2D eigenvalue weighted by atomic mass is 35.5. The summed E-state index contributed by atoms with van der Waals surface area (Å²) in [7, 11) is 0. The van der Waals surface area contributed by atoms with Crippen LogP contribution in [0.25, 0.3) is 22.3 Å². The Labute approximate surface area is 435 Å². The number of ether oxygens (including phenoxy) is 4. The Balaban J connectivity index is 0.000000283. The Hall–Kier alpha value is -4.90. The molecule has 0 fully saturated rings. The van der Waals surface area contributed by atoms with Gasteiger partial charge in [0, 0.05) is 31.2 Å². The molecule has 0 bridgehead atoms. The average molecular weight is 1130 g/mol. The molecule has 0 saturated heterocycles. The van der Waals surface area contributed by atoms with E-state index in [0.29, 0.717) is 16.7 Å². The van der Waals surface area contributed by atoms with Crippen molar-refractivity contribution in [3.05, 3.63) is 172 Å². The highest BCUT2D eigenvalue weighted by molar-refractivity contribution is 6.41. The van der Waals surface area contributed by atoms with Crippen LogP contribution >= 0.6 is 92.8 Å². The number of carbonyl (C=O) groups is 4. The molecule has 6 aromatic rings. The summed E-state index contributed by atoms with van der Waals surface area (Å²) in [6.07, 6.45) is -9.13. The molecule has 0 unspecified atom stereocenters. The van der Waals surface area contributed by atoms with Crippen LogP contribution in [0.4, 0.5) is 26.3 Å². The number of halogens is 14. The lowest BCUT2D eigenvalue weighted by atomic mass is 9.94. The van der Waals surface area contributed by atoms with Gasteiger partial charge in [-0.3, -0.25) is 19.2 Å². The van der Waals surface area contributed by atoms with Crippen LogP contribution in [0.15, 0.2) is 109 Å². The third-order valence-electron chi connectivity index (χ3n) is 9.50. The molecule has 0 aliphatic heterocycles. The van der Waals surface area contributed by atoms with Crippen LogP contribution in [-0.4, -0.2) is 37.1 Å². The number of hydrogen-bond donors (Lipinski definition) is 0. The SMILES string of the molecule is CCOC(=O)C(C(=O)OCC)c1cccc(-c2ccc(C(F)(F)F)cc2Cl)c1.O=C(Oc1c(Cl)cc(Cl)cc1Cl)C(C(=O)Oc1c(Cl)cc(Cl)cc1Cl)c1cccc(-c2ccc(C(F)(F)F)cc2Cl)c1. The second kappa shape index (κ2) is 24.0. The van der Waals surface area contributed by atoms with Crippen LogP contribution in [0, 0.1) is 0 Å². The molecule has 8 nitrogen and oxygen atoms in total. The van der Waals surface area contributed by atoms with Gasteiger partial charge >= 0.3 is 36.2 Å². The Kier molecular flexibility index (Phi) is 19.2. The average Bonchev–Trinajstić information content (AvgIpc) is 3.26. The molecule has 0 saturated carbocycles. The molecule has 0 aliphatic rings. The highest BCUT2D eigenvalue weighted by Crippen LogP contribution is 2.42. The monoisotopic (exact) mass is 1130 g/mol. The van der Waals surface area contributed by atoms with E-state index < -0.39 is 59.2 Å². The topological polar surface area (TPSA) is 105 Å². The van der Waals surface area contributed by atoms with Crippen molar-refractivity contribution >= 4 is 117 Å². The summed E-state index contributed by atoms with van der Waals surface area (Å²) in [5, 5.41) is -0.491. The lowest BCUT2D eigenvalue weighted by Crippen LogP contribution is -2.30. The van der Waals surface area contributed by atoms with E-state index in [1.54, 1.807) is 32.0 Å².